The van der Waals surface area contributed by atoms with E-state index in [0.29, 0.717) is 29.6 Å². The van der Waals surface area contributed by atoms with E-state index in [4.69, 9.17) is 11.6 Å². The summed E-state index contributed by atoms with van der Waals surface area (Å²) in [6.07, 6.45) is 4.76. The topological polar surface area (TPSA) is 58.9 Å². The number of nitrogens with zero attached hydrogens (tertiary/aromatic N) is 3. The highest BCUT2D eigenvalue weighted by Crippen LogP contribution is 2.30. The third kappa shape index (κ3) is 6.55. The lowest BCUT2D eigenvalue weighted by atomic mass is 9.89. The molecule has 0 radical (unpaired) electrons. The number of benzene rings is 2. The zero-order chi connectivity index (χ0) is 27.1. The van der Waals surface area contributed by atoms with Gasteiger partial charge >= 0.3 is 0 Å². The Morgan fingerprint density at radius 1 is 1.03 bits per heavy atom. The quantitative estimate of drug-likeness (QED) is 0.310. The Morgan fingerprint density at radius 3 is 2.32 bits per heavy atom. The number of anilines is 1. The van der Waals surface area contributed by atoms with Crippen LogP contribution in [0.2, 0.25) is 5.02 Å². The summed E-state index contributed by atoms with van der Waals surface area (Å²) in [5, 5.41) is 3.63. The fraction of sp³-hybridized carbons (Fsp3) is 0.355. The molecule has 2 aromatic heterocycles. The molecule has 1 aliphatic heterocycles. The van der Waals surface area contributed by atoms with Gasteiger partial charge in [0.05, 0.1) is 10.7 Å². The van der Waals surface area contributed by atoms with Gasteiger partial charge in [0.25, 0.3) is 5.91 Å². The van der Waals surface area contributed by atoms with Crippen LogP contribution in [0, 0.1) is 6.92 Å². The molecule has 38 heavy (non-hydrogen) atoms. The van der Waals surface area contributed by atoms with E-state index < -0.39 is 0 Å². The maximum atomic E-state index is 13.0. The van der Waals surface area contributed by atoms with Crippen LogP contribution in [0.25, 0.3) is 5.65 Å². The highest BCUT2D eigenvalue weighted by atomic mass is 35.5. The molecule has 0 aliphatic carbocycles. The second kappa shape index (κ2) is 12.9. The molecule has 6 nitrogen and oxygen atoms in total. The first-order chi connectivity index (χ1) is 18.4. The van der Waals surface area contributed by atoms with Gasteiger partial charge in [-0.25, -0.2) is 4.98 Å². The number of carbonyl (C=O) groups is 1. The monoisotopic (exact) mass is 532 g/mol. The molecular formula is C31H37ClN4O2. The molecule has 4 aromatic rings. The number of amides is 1. The van der Waals surface area contributed by atoms with Crippen molar-refractivity contribution in [2.24, 2.45) is 0 Å². The van der Waals surface area contributed by atoms with Crippen molar-refractivity contribution in [2.75, 3.05) is 32.2 Å². The molecule has 0 spiro atoms. The third-order valence-electron chi connectivity index (χ3n) is 7.00. The minimum absolute atomic E-state index is 0.140. The summed E-state index contributed by atoms with van der Waals surface area (Å²) >= 11 is 6.16. The molecule has 0 saturated carbocycles. The van der Waals surface area contributed by atoms with Crippen molar-refractivity contribution in [1.29, 1.82) is 0 Å². The summed E-state index contributed by atoms with van der Waals surface area (Å²) < 4.78 is 6.03. The normalized spacial score (nSPS) is 13.8. The van der Waals surface area contributed by atoms with Crippen LogP contribution in [-0.4, -0.2) is 42.6 Å². The lowest BCUT2D eigenvalue weighted by molar-refractivity contribution is 0.0944. The SMILES string of the molecule is CCc1nc2ccc(Cl)cn2c1C(=O)NCc1ccc(N2CCC(c3ccc(C)cc3)CC2)cc1.COC. The Bertz CT molecular complexity index is 1340. The minimum atomic E-state index is -0.140. The Kier molecular flexibility index (Phi) is 9.43. The van der Waals surface area contributed by atoms with Crippen LogP contribution in [-0.2, 0) is 17.7 Å². The van der Waals surface area contributed by atoms with Crippen LogP contribution in [0.1, 0.15) is 58.6 Å². The summed E-state index contributed by atoms with van der Waals surface area (Å²) in [6, 6.07) is 21.2. The number of methoxy groups -OCH3 is 1. The van der Waals surface area contributed by atoms with Gasteiger partial charge in [0.1, 0.15) is 11.3 Å². The maximum absolute atomic E-state index is 13.0. The molecule has 0 unspecified atom stereocenters. The van der Waals surface area contributed by atoms with Gasteiger partial charge in [0.15, 0.2) is 0 Å². The summed E-state index contributed by atoms with van der Waals surface area (Å²) in [5.41, 5.74) is 7.14. The van der Waals surface area contributed by atoms with Gasteiger partial charge in [0, 0.05) is 45.7 Å². The number of imidazole rings is 1. The number of pyridine rings is 1. The van der Waals surface area contributed by atoms with Gasteiger partial charge < -0.3 is 15.0 Å². The largest absolute Gasteiger partial charge is 0.388 e. The van der Waals surface area contributed by atoms with Crippen LogP contribution < -0.4 is 10.2 Å². The number of halogens is 1. The average Bonchev–Trinajstić information content (AvgIpc) is 3.31. The number of ether oxygens (including phenoxy) is 1. The third-order valence-corrected chi connectivity index (χ3v) is 7.23. The number of fused-ring (bicyclic) bond motifs is 1. The van der Waals surface area contributed by atoms with E-state index in [1.54, 1.807) is 30.9 Å². The van der Waals surface area contributed by atoms with E-state index in [0.717, 1.165) is 30.0 Å². The molecule has 0 bridgehead atoms. The summed E-state index contributed by atoms with van der Waals surface area (Å²) in [4.78, 5) is 20.1. The molecule has 200 valence electrons. The fourth-order valence-corrected chi connectivity index (χ4v) is 5.12. The van der Waals surface area contributed by atoms with Gasteiger partial charge in [-0.3, -0.25) is 9.20 Å². The molecule has 1 N–H and O–H groups in total. The smallest absolute Gasteiger partial charge is 0.270 e. The number of aryl methyl sites for hydroxylation is 2. The molecule has 5 rings (SSSR count). The molecule has 1 saturated heterocycles. The number of rotatable bonds is 6. The summed E-state index contributed by atoms with van der Waals surface area (Å²) in [5.74, 6) is 0.503. The van der Waals surface area contributed by atoms with Crippen LogP contribution in [0.15, 0.2) is 66.9 Å². The molecular weight excluding hydrogens is 496 g/mol. The second-order valence-electron chi connectivity index (χ2n) is 9.77. The van der Waals surface area contributed by atoms with Crippen molar-refractivity contribution in [3.05, 3.63) is 100.0 Å². The number of aromatic nitrogens is 2. The number of hydrogen-bond acceptors (Lipinski definition) is 4. The van der Waals surface area contributed by atoms with Gasteiger partial charge in [0.2, 0.25) is 0 Å². The lowest BCUT2D eigenvalue weighted by Gasteiger charge is -2.34. The lowest BCUT2D eigenvalue weighted by Crippen LogP contribution is -2.32. The van der Waals surface area contributed by atoms with E-state index in [1.165, 1.54) is 29.7 Å². The van der Waals surface area contributed by atoms with Gasteiger partial charge in [-0.05, 0) is 67.5 Å². The maximum Gasteiger partial charge on any atom is 0.270 e. The first-order valence-corrected chi connectivity index (χ1v) is 13.6. The van der Waals surface area contributed by atoms with Crippen molar-refractivity contribution in [2.45, 2.75) is 45.6 Å². The first-order valence-electron chi connectivity index (χ1n) is 13.2. The van der Waals surface area contributed by atoms with Gasteiger partial charge in [-0.15, -0.1) is 0 Å². The number of carbonyl (C=O) groups excluding carboxylic acids is 1. The number of nitrogens with one attached hydrogen (secondary N) is 1. The first kappa shape index (κ1) is 27.7. The Morgan fingerprint density at radius 2 is 1.68 bits per heavy atom. The number of piperidine rings is 1. The Hall–Kier alpha value is -3.35. The van der Waals surface area contributed by atoms with Gasteiger partial charge in [-0.2, -0.15) is 0 Å². The van der Waals surface area contributed by atoms with Crippen molar-refractivity contribution < 1.29 is 9.53 Å². The minimum Gasteiger partial charge on any atom is -0.388 e. The van der Waals surface area contributed by atoms with Crippen LogP contribution >= 0.6 is 11.6 Å². The molecule has 0 atom stereocenters. The molecule has 1 amide bonds. The van der Waals surface area contributed by atoms with E-state index in [1.807, 2.05) is 13.0 Å². The molecule has 3 heterocycles. The molecule has 2 aromatic carbocycles. The van der Waals surface area contributed by atoms with Crippen molar-refractivity contribution in [1.82, 2.24) is 14.7 Å². The molecule has 1 fully saturated rings. The van der Waals surface area contributed by atoms with Crippen LogP contribution in [0.5, 0.6) is 0 Å². The average molecular weight is 533 g/mol. The van der Waals surface area contributed by atoms with Crippen molar-refractivity contribution >= 4 is 28.8 Å². The fourth-order valence-electron chi connectivity index (χ4n) is 4.95. The molecule has 7 heteroatoms. The predicted molar refractivity (Wildman–Crippen MR) is 155 cm³/mol. The van der Waals surface area contributed by atoms with Crippen molar-refractivity contribution in [3.8, 4) is 0 Å². The van der Waals surface area contributed by atoms with Crippen LogP contribution in [0.4, 0.5) is 5.69 Å². The van der Waals surface area contributed by atoms with E-state index >= 15 is 0 Å². The second-order valence-corrected chi connectivity index (χ2v) is 10.2. The summed E-state index contributed by atoms with van der Waals surface area (Å²) in [6.45, 7) is 6.73. The standard InChI is InChI=1S/C29H31ClN4O.C2H6O/c1-3-26-28(34-19-24(30)10-13-27(34)32-26)29(35)31-18-21-6-11-25(12-7-21)33-16-14-23(15-17-33)22-8-4-20(2)5-9-22;1-3-2/h4-13,19,23H,3,14-18H2,1-2H3,(H,31,35);1-2H3. The Balaban J connectivity index is 0.00000107. The van der Waals surface area contributed by atoms with Crippen LogP contribution in [0.3, 0.4) is 0 Å². The number of hydrogen-bond donors (Lipinski definition) is 1. The van der Waals surface area contributed by atoms with E-state index in [-0.39, 0.29) is 5.91 Å². The van der Waals surface area contributed by atoms with Gasteiger partial charge in [-0.1, -0.05) is 60.5 Å². The van der Waals surface area contributed by atoms with E-state index in [2.05, 4.69) is 75.4 Å². The van der Waals surface area contributed by atoms with Crippen molar-refractivity contribution in [3.63, 3.8) is 0 Å². The highest BCUT2D eigenvalue weighted by molar-refractivity contribution is 6.30. The zero-order valence-corrected chi connectivity index (χ0v) is 23.5. The Labute approximate surface area is 230 Å². The highest BCUT2D eigenvalue weighted by Gasteiger charge is 2.21. The summed E-state index contributed by atoms with van der Waals surface area (Å²) in [7, 11) is 3.25. The zero-order valence-electron chi connectivity index (χ0n) is 22.7. The van der Waals surface area contributed by atoms with E-state index in [9.17, 15) is 4.79 Å². The predicted octanol–water partition coefficient (Wildman–Crippen LogP) is 6.44. The molecule has 1 aliphatic rings.